The Kier molecular flexibility index (Phi) is 10.7. The third-order valence-electron chi connectivity index (χ3n) is 4.26. The molecule has 1 amide bonds. The van der Waals surface area contributed by atoms with Gasteiger partial charge < -0.3 is 46.1 Å². The van der Waals surface area contributed by atoms with Crippen LogP contribution in [0.5, 0.6) is 0 Å². The molecule has 0 radical (unpaired) electrons. The standard InChI is InChI=1S/C16H30N2O9/c17-9(15(24)25)4-1-2-6-18-11(20)5-3-7-26-16-14(23)13(22)12(21)10(8-19)27-16/h9-10,12-14,16,19,21-23H,1-8,17H2,(H,18,20)(H,24,25)/t9-,10-,12+,13+,14-,16-/m1/s1. The fourth-order valence-corrected chi connectivity index (χ4v) is 2.57. The fraction of sp³-hybridized carbons (Fsp3) is 0.875. The average Bonchev–Trinajstić information content (AvgIpc) is 2.64. The number of hydrogen-bond acceptors (Lipinski definition) is 9. The van der Waals surface area contributed by atoms with Gasteiger partial charge in [0.05, 0.1) is 13.2 Å². The molecule has 27 heavy (non-hydrogen) atoms. The van der Waals surface area contributed by atoms with E-state index in [2.05, 4.69) is 5.32 Å². The highest BCUT2D eigenvalue weighted by molar-refractivity contribution is 5.75. The topological polar surface area (TPSA) is 192 Å². The van der Waals surface area contributed by atoms with Gasteiger partial charge in [-0.05, 0) is 25.7 Å². The van der Waals surface area contributed by atoms with E-state index in [-0.39, 0.29) is 18.9 Å². The molecule has 1 fully saturated rings. The lowest BCUT2D eigenvalue weighted by Gasteiger charge is -2.39. The second-order valence-electron chi connectivity index (χ2n) is 6.46. The number of nitrogens with two attached hydrogens (primary N) is 1. The summed E-state index contributed by atoms with van der Waals surface area (Å²) in [5.41, 5.74) is 5.37. The summed E-state index contributed by atoms with van der Waals surface area (Å²) >= 11 is 0. The van der Waals surface area contributed by atoms with E-state index in [9.17, 15) is 24.9 Å². The van der Waals surface area contributed by atoms with Crippen LogP contribution in [0, 0.1) is 0 Å². The zero-order chi connectivity index (χ0) is 20.4. The van der Waals surface area contributed by atoms with Gasteiger partial charge >= 0.3 is 5.97 Å². The smallest absolute Gasteiger partial charge is 0.320 e. The minimum atomic E-state index is -1.50. The van der Waals surface area contributed by atoms with Gasteiger partial charge in [-0.25, -0.2) is 0 Å². The average molecular weight is 394 g/mol. The summed E-state index contributed by atoms with van der Waals surface area (Å²) in [6, 6.07) is -0.889. The normalized spacial score (nSPS) is 29.3. The lowest BCUT2D eigenvalue weighted by atomic mass is 9.99. The molecule has 1 aliphatic rings. The maximum absolute atomic E-state index is 11.7. The van der Waals surface area contributed by atoms with E-state index in [1.165, 1.54) is 0 Å². The third kappa shape index (κ3) is 8.05. The second-order valence-corrected chi connectivity index (χ2v) is 6.46. The molecule has 1 aliphatic heterocycles. The second kappa shape index (κ2) is 12.2. The molecule has 0 bridgehead atoms. The first kappa shape index (κ1) is 23.7. The lowest BCUT2D eigenvalue weighted by Crippen LogP contribution is -2.59. The van der Waals surface area contributed by atoms with Crippen molar-refractivity contribution in [2.75, 3.05) is 19.8 Å². The molecule has 11 nitrogen and oxygen atoms in total. The quantitative estimate of drug-likeness (QED) is 0.171. The van der Waals surface area contributed by atoms with E-state index in [1.54, 1.807) is 0 Å². The maximum atomic E-state index is 11.7. The Morgan fingerprint density at radius 2 is 1.81 bits per heavy atom. The number of carboxylic acids is 1. The van der Waals surface area contributed by atoms with Crippen molar-refractivity contribution in [1.29, 1.82) is 0 Å². The predicted molar refractivity (Wildman–Crippen MR) is 91.4 cm³/mol. The van der Waals surface area contributed by atoms with Crippen LogP contribution in [0.4, 0.5) is 0 Å². The Balaban J connectivity index is 2.13. The van der Waals surface area contributed by atoms with E-state index >= 15 is 0 Å². The molecular weight excluding hydrogens is 364 g/mol. The van der Waals surface area contributed by atoms with Gasteiger partial charge in [-0.1, -0.05) is 0 Å². The van der Waals surface area contributed by atoms with Crippen LogP contribution in [0.2, 0.25) is 0 Å². The van der Waals surface area contributed by atoms with Crippen molar-refractivity contribution in [2.24, 2.45) is 5.73 Å². The molecule has 0 unspecified atom stereocenters. The number of nitrogens with one attached hydrogen (secondary N) is 1. The van der Waals surface area contributed by atoms with Gasteiger partial charge in [0.2, 0.25) is 5.91 Å². The Hall–Kier alpha value is -1.34. The Labute approximate surface area is 157 Å². The van der Waals surface area contributed by atoms with Crippen LogP contribution < -0.4 is 11.1 Å². The van der Waals surface area contributed by atoms with Gasteiger partial charge in [0, 0.05) is 13.0 Å². The van der Waals surface area contributed by atoms with E-state index in [4.69, 9.17) is 25.4 Å². The highest BCUT2D eigenvalue weighted by atomic mass is 16.7. The van der Waals surface area contributed by atoms with Gasteiger partial charge in [-0.15, -0.1) is 0 Å². The van der Waals surface area contributed by atoms with Crippen molar-refractivity contribution in [3.8, 4) is 0 Å². The number of rotatable bonds is 12. The number of carboxylic acid groups (broad SMARTS) is 1. The highest BCUT2D eigenvalue weighted by Gasteiger charge is 2.43. The molecule has 1 rings (SSSR count). The van der Waals surface area contributed by atoms with Gasteiger partial charge in [-0.2, -0.15) is 0 Å². The third-order valence-corrected chi connectivity index (χ3v) is 4.26. The molecule has 6 atom stereocenters. The van der Waals surface area contributed by atoms with E-state index in [0.29, 0.717) is 32.2 Å². The van der Waals surface area contributed by atoms with E-state index < -0.39 is 49.3 Å². The van der Waals surface area contributed by atoms with Crippen LogP contribution in [0.25, 0.3) is 0 Å². The molecule has 0 aromatic rings. The molecule has 11 heteroatoms. The minimum Gasteiger partial charge on any atom is -0.480 e. The summed E-state index contributed by atoms with van der Waals surface area (Å²) in [6.07, 6.45) is -4.59. The van der Waals surface area contributed by atoms with Gasteiger partial charge in [0.25, 0.3) is 0 Å². The molecule has 0 spiro atoms. The molecule has 0 saturated carbocycles. The summed E-state index contributed by atoms with van der Waals surface area (Å²) < 4.78 is 10.5. The number of unbranched alkanes of at least 4 members (excludes halogenated alkanes) is 1. The number of carbonyl (C=O) groups excluding carboxylic acids is 1. The zero-order valence-corrected chi connectivity index (χ0v) is 15.1. The maximum Gasteiger partial charge on any atom is 0.320 e. The summed E-state index contributed by atoms with van der Waals surface area (Å²) in [5.74, 6) is -1.24. The number of ether oxygens (including phenoxy) is 2. The first-order valence-electron chi connectivity index (χ1n) is 8.95. The van der Waals surface area contributed by atoms with Crippen LogP contribution in [0.1, 0.15) is 32.1 Å². The van der Waals surface area contributed by atoms with Crippen LogP contribution in [0.15, 0.2) is 0 Å². The van der Waals surface area contributed by atoms with Crippen molar-refractivity contribution in [3.05, 3.63) is 0 Å². The predicted octanol–water partition coefficient (Wildman–Crippen LogP) is -2.72. The summed E-state index contributed by atoms with van der Waals surface area (Å²) in [7, 11) is 0. The Morgan fingerprint density at radius 1 is 1.11 bits per heavy atom. The monoisotopic (exact) mass is 394 g/mol. The number of aliphatic hydroxyl groups excluding tert-OH is 4. The van der Waals surface area contributed by atoms with Crippen molar-refractivity contribution in [1.82, 2.24) is 5.32 Å². The van der Waals surface area contributed by atoms with Crippen LogP contribution in [0.3, 0.4) is 0 Å². The van der Waals surface area contributed by atoms with Crippen LogP contribution in [-0.4, -0.2) is 93.9 Å². The van der Waals surface area contributed by atoms with Gasteiger partial charge in [0.15, 0.2) is 6.29 Å². The SMILES string of the molecule is N[C@H](CCCCNC(=O)CCCO[C@@H]1O[C@H](CO)[C@H](O)[C@H](O)[C@H]1O)C(=O)O. The minimum absolute atomic E-state index is 0.0730. The van der Waals surface area contributed by atoms with Crippen LogP contribution >= 0.6 is 0 Å². The molecule has 1 heterocycles. The van der Waals surface area contributed by atoms with Crippen molar-refractivity contribution >= 4 is 11.9 Å². The number of amides is 1. The summed E-state index contributed by atoms with van der Waals surface area (Å²) in [4.78, 5) is 22.2. The molecule has 0 aromatic carbocycles. The lowest BCUT2D eigenvalue weighted by molar-refractivity contribution is -0.301. The van der Waals surface area contributed by atoms with E-state index in [0.717, 1.165) is 0 Å². The molecule has 1 saturated heterocycles. The van der Waals surface area contributed by atoms with Gasteiger partial charge in [-0.3, -0.25) is 9.59 Å². The molecule has 158 valence electrons. The first-order chi connectivity index (χ1) is 12.8. The zero-order valence-electron chi connectivity index (χ0n) is 15.1. The molecule has 0 aromatic heterocycles. The van der Waals surface area contributed by atoms with E-state index in [1.807, 2.05) is 0 Å². The number of aliphatic carboxylic acids is 1. The first-order valence-corrected chi connectivity index (χ1v) is 8.95. The van der Waals surface area contributed by atoms with Gasteiger partial charge in [0.1, 0.15) is 30.5 Å². The number of aliphatic hydroxyl groups is 4. The fourth-order valence-electron chi connectivity index (χ4n) is 2.57. The Bertz CT molecular complexity index is 463. The summed E-state index contributed by atoms with van der Waals surface area (Å²) in [5, 5.41) is 49.5. The molecule has 8 N–H and O–H groups in total. The van der Waals surface area contributed by atoms with Crippen LogP contribution in [-0.2, 0) is 19.1 Å². The Morgan fingerprint density at radius 3 is 2.44 bits per heavy atom. The molecule has 0 aliphatic carbocycles. The number of hydrogen-bond donors (Lipinski definition) is 7. The largest absolute Gasteiger partial charge is 0.480 e. The van der Waals surface area contributed by atoms with Crippen molar-refractivity contribution in [2.45, 2.75) is 68.9 Å². The van der Waals surface area contributed by atoms with Crippen molar-refractivity contribution < 1.29 is 44.6 Å². The number of carbonyl (C=O) groups is 2. The van der Waals surface area contributed by atoms with Crippen molar-refractivity contribution in [3.63, 3.8) is 0 Å². The molecular formula is C16H30N2O9. The summed E-state index contributed by atoms with van der Waals surface area (Å²) in [6.45, 7) is -0.0487. The highest BCUT2D eigenvalue weighted by Crippen LogP contribution is 2.22.